The van der Waals surface area contributed by atoms with E-state index >= 15 is 0 Å². The van der Waals surface area contributed by atoms with Crippen LogP contribution in [0.1, 0.15) is 43.9 Å². The molecule has 2 amide bonds. The number of carbonyl (C=O) groups is 2. The first-order valence-electron chi connectivity index (χ1n) is 10.1. The predicted octanol–water partition coefficient (Wildman–Crippen LogP) is 3.59. The van der Waals surface area contributed by atoms with E-state index in [1.807, 2.05) is 5.38 Å². The summed E-state index contributed by atoms with van der Waals surface area (Å²) in [6.07, 6.45) is 5.49. The zero-order chi connectivity index (χ0) is 21.1. The maximum atomic E-state index is 12.4. The highest BCUT2D eigenvalue weighted by molar-refractivity contribution is 7.13. The van der Waals surface area contributed by atoms with Crippen LogP contribution in [0.15, 0.2) is 42.0 Å². The Hall–Kier alpha value is -3.00. The summed E-state index contributed by atoms with van der Waals surface area (Å²) in [4.78, 5) is 28.8. The second-order valence-electron chi connectivity index (χ2n) is 7.91. The molecule has 0 bridgehead atoms. The Kier molecular flexibility index (Phi) is 5.94. The number of amides is 2. The molecule has 0 aliphatic heterocycles. The molecule has 1 fully saturated rings. The Bertz CT molecular complexity index is 1030. The van der Waals surface area contributed by atoms with Crippen molar-refractivity contribution >= 4 is 28.8 Å². The van der Waals surface area contributed by atoms with Crippen molar-refractivity contribution in [1.82, 2.24) is 20.1 Å². The summed E-state index contributed by atoms with van der Waals surface area (Å²) in [7, 11) is 0. The van der Waals surface area contributed by atoms with E-state index in [4.69, 9.17) is 0 Å². The third kappa shape index (κ3) is 5.33. The van der Waals surface area contributed by atoms with Crippen LogP contribution in [0.2, 0.25) is 0 Å². The van der Waals surface area contributed by atoms with E-state index in [1.165, 1.54) is 21.6 Å². The van der Waals surface area contributed by atoms with E-state index in [9.17, 15) is 9.59 Å². The van der Waals surface area contributed by atoms with Gasteiger partial charge in [-0.3, -0.25) is 14.3 Å². The second-order valence-corrected chi connectivity index (χ2v) is 8.77. The van der Waals surface area contributed by atoms with Crippen molar-refractivity contribution in [2.75, 3.05) is 5.32 Å². The summed E-state index contributed by atoms with van der Waals surface area (Å²) >= 11 is 1.53. The van der Waals surface area contributed by atoms with Crippen LogP contribution < -0.4 is 10.6 Å². The van der Waals surface area contributed by atoms with Crippen LogP contribution in [-0.4, -0.2) is 32.6 Å². The fraction of sp³-hybridized carbons (Fsp3) is 0.364. The molecule has 156 valence electrons. The van der Waals surface area contributed by atoms with Gasteiger partial charge in [-0.1, -0.05) is 38.1 Å². The van der Waals surface area contributed by atoms with E-state index in [-0.39, 0.29) is 24.8 Å². The van der Waals surface area contributed by atoms with Crippen LogP contribution >= 0.6 is 11.3 Å². The number of carbonyl (C=O) groups excluding carboxylic acids is 2. The van der Waals surface area contributed by atoms with Crippen molar-refractivity contribution in [1.29, 1.82) is 0 Å². The van der Waals surface area contributed by atoms with Gasteiger partial charge >= 0.3 is 0 Å². The van der Waals surface area contributed by atoms with Crippen LogP contribution in [0.5, 0.6) is 0 Å². The van der Waals surface area contributed by atoms with Gasteiger partial charge in [0, 0.05) is 23.2 Å². The highest BCUT2D eigenvalue weighted by atomic mass is 32.1. The third-order valence-electron chi connectivity index (χ3n) is 4.88. The summed E-state index contributed by atoms with van der Waals surface area (Å²) in [5.41, 5.74) is 3.65. The smallest absolute Gasteiger partial charge is 0.241 e. The van der Waals surface area contributed by atoms with Crippen molar-refractivity contribution in [3.8, 4) is 10.6 Å². The standard InChI is InChI=1S/C22H25N5O2S/c1-14(2)15-3-5-16(6-4-15)22-26-18(13-30-22)9-20(28)25-19-10-23-27(11-19)12-21(29)24-17-7-8-17/h3-6,10-11,13-14,17H,7-9,12H2,1-2H3,(H,24,29)(H,25,28). The average Bonchev–Trinajstić information content (AvgIpc) is 3.21. The van der Waals surface area contributed by atoms with Gasteiger partial charge in [-0.25, -0.2) is 4.98 Å². The van der Waals surface area contributed by atoms with Crippen molar-refractivity contribution in [3.63, 3.8) is 0 Å². The number of nitrogens with one attached hydrogen (secondary N) is 2. The molecule has 4 rings (SSSR count). The van der Waals surface area contributed by atoms with Gasteiger partial charge in [0.05, 0.1) is 24.0 Å². The van der Waals surface area contributed by atoms with Crippen LogP contribution in [0.3, 0.4) is 0 Å². The largest absolute Gasteiger partial charge is 0.352 e. The van der Waals surface area contributed by atoms with Crippen molar-refractivity contribution in [2.45, 2.75) is 51.6 Å². The van der Waals surface area contributed by atoms with Crippen molar-refractivity contribution in [2.24, 2.45) is 0 Å². The Labute approximate surface area is 179 Å². The highest BCUT2D eigenvalue weighted by Crippen LogP contribution is 2.26. The molecule has 2 heterocycles. The summed E-state index contributed by atoms with van der Waals surface area (Å²) < 4.78 is 1.52. The molecule has 0 saturated heterocycles. The number of rotatable bonds is 8. The SMILES string of the molecule is CC(C)c1ccc(-c2nc(CC(=O)Nc3cnn(CC(=O)NC4CC4)c3)cs2)cc1. The zero-order valence-corrected chi connectivity index (χ0v) is 17.9. The third-order valence-corrected chi connectivity index (χ3v) is 5.82. The lowest BCUT2D eigenvalue weighted by molar-refractivity contribution is -0.122. The van der Waals surface area contributed by atoms with Gasteiger partial charge in [0.25, 0.3) is 0 Å². The van der Waals surface area contributed by atoms with Gasteiger partial charge in [0.2, 0.25) is 11.8 Å². The molecule has 7 nitrogen and oxygen atoms in total. The Morgan fingerprint density at radius 1 is 1.20 bits per heavy atom. The molecule has 0 atom stereocenters. The molecule has 8 heteroatoms. The minimum Gasteiger partial charge on any atom is -0.352 e. The van der Waals surface area contributed by atoms with Crippen LogP contribution in [-0.2, 0) is 22.6 Å². The number of hydrogen-bond acceptors (Lipinski definition) is 5. The van der Waals surface area contributed by atoms with E-state index in [0.29, 0.717) is 17.6 Å². The van der Waals surface area contributed by atoms with Crippen LogP contribution in [0.4, 0.5) is 5.69 Å². The van der Waals surface area contributed by atoms with E-state index < -0.39 is 0 Å². The molecule has 1 aromatic carbocycles. The zero-order valence-electron chi connectivity index (χ0n) is 17.1. The molecule has 0 radical (unpaired) electrons. The van der Waals surface area contributed by atoms with E-state index in [1.54, 1.807) is 12.4 Å². The normalized spacial score (nSPS) is 13.4. The highest BCUT2D eigenvalue weighted by Gasteiger charge is 2.23. The first kappa shape index (κ1) is 20.3. The Morgan fingerprint density at radius 3 is 2.67 bits per heavy atom. The fourth-order valence-corrected chi connectivity index (χ4v) is 3.89. The lowest BCUT2D eigenvalue weighted by Gasteiger charge is -2.05. The Balaban J connectivity index is 1.30. The van der Waals surface area contributed by atoms with Gasteiger partial charge in [0.1, 0.15) is 11.6 Å². The molecule has 2 N–H and O–H groups in total. The molecule has 2 aromatic heterocycles. The van der Waals surface area contributed by atoms with E-state index in [2.05, 4.69) is 58.8 Å². The average molecular weight is 424 g/mol. The van der Waals surface area contributed by atoms with Crippen LogP contribution in [0.25, 0.3) is 10.6 Å². The van der Waals surface area contributed by atoms with Gasteiger partial charge in [-0.05, 0) is 24.3 Å². The monoisotopic (exact) mass is 423 g/mol. The van der Waals surface area contributed by atoms with Gasteiger partial charge < -0.3 is 10.6 Å². The lowest BCUT2D eigenvalue weighted by atomic mass is 10.0. The molecular formula is C22H25N5O2S. The topological polar surface area (TPSA) is 88.9 Å². The lowest BCUT2D eigenvalue weighted by Crippen LogP contribution is -2.29. The molecular weight excluding hydrogens is 398 g/mol. The molecule has 30 heavy (non-hydrogen) atoms. The number of nitrogens with zero attached hydrogens (tertiary/aromatic N) is 3. The maximum absolute atomic E-state index is 12.4. The quantitative estimate of drug-likeness (QED) is 0.579. The van der Waals surface area contributed by atoms with Gasteiger partial charge in [-0.15, -0.1) is 11.3 Å². The minimum absolute atomic E-state index is 0.0603. The number of hydrogen-bond donors (Lipinski definition) is 2. The molecule has 1 aliphatic rings. The second kappa shape index (κ2) is 8.79. The summed E-state index contributed by atoms with van der Waals surface area (Å²) in [5, 5.41) is 12.7. The summed E-state index contributed by atoms with van der Waals surface area (Å²) in [6, 6.07) is 8.72. The molecule has 0 spiro atoms. The number of aromatic nitrogens is 3. The van der Waals surface area contributed by atoms with Crippen molar-refractivity contribution < 1.29 is 9.59 Å². The summed E-state index contributed by atoms with van der Waals surface area (Å²) in [6.45, 7) is 4.49. The fourth-order valence-electron chi connectivity index (χ4n) is 3.06. The molecule has 0 unspecified atom stereocenters. The number of benzene rings is 1. The van der Waals surface area contributed by atoms with Crippen molar-refractivity contribution in [3.05, 3.63) is 53.3 Å². The number of anilines is 1. The first-order valence-corrected chi connectivity index (χ1v) is 11.0. The van der Waals surface area contributed by atoms with Gasteiger partial charge in [0.15, 0.2) is 0 Å². The number of thiazole rings is 1. The molecule has 1 saturated carbocycles. The van der Waals surface area contributed by atoms with Gasteiger partial charge in [-0.2, -0.15) is 5.10 Å². The first-order chi connectivity index (χ1) is 14.5. The van der Waals surface area contributed by atoms with E-state index in [0.717, 1.165) is 29.1 Å². The Morgan fingerprint density at radius 2 is 1.97 bits per heavy atom. The molecule has 3 aromatic rings. The minimum atomic E-state index is -0.163. The maximum Gasteiger partial charge on any atom is 0.241 e. The molecule has 1 aliphatic carbocycles. The summed E-state index contributed by atoms with van der Waals surface area (Å²) in [5.74, 6) is 0.269. The predicted molar refractivity (Wildman–Crippen MR) is 117 cm³/mol. The van der Waals surface area contributed by atoms with Crippen LogP contribution in [0, 0.1) is 0 Å².